The number of hydrogen-bond acceptors (Lipinski definition) is 5. The molecule has 0 saturated carbocycles. The van der Waals surface area contributed by atoms with Gasteiger partial charge in [-0.05, 0) is 17.7 Å². The van der Waals surface area contributed by atoms with Crippen molar-refractivity contribution in [2.75, 3.05) is 24.7 Å². The van der Waals surface area contributed by atoms with Crippen molar-refractivity contribution in [3.05, 3.63) is 35.4 Å². The van der Waals surface area contributed by atoms with Crippen LogP contribution in [0.3, 0.4) is 0 Å². The zero-order chi connectivity index (χ0) is 13.9. The normalized spacial score (nSPS) is 11.7. The number of nitrogens with one attached hydrogen (secondary N) is 1. The van der Waals surface area contributed by atoms with Crippen molar-refractivity contribution in [2.45, 2.75) is 13.0 Å². The number of aliphatic hydroxyl groups excluding tert-OH is 1. The van der Waals surface area contributed by atoms with Crippen molar-refractivity contribution in [1.29, 1.82) is 0 Å². The zero-order valence-electron chi connectivity index (χ0n) is 10.9. The number of oxime groups is 1. The lowest BCUT2D eigenvalue weighted by Crippen LogP contribution is -2.21. The predicted octanol–water partition coefficient (Wildman–Crippen LogP) is 0.986. The van der Waals surface area contributed by atoms with E-state index in [0.717, 1.165) is 35.6 Å². The van der Waals surface area contributed by atoms with Crippen LogP contribution in [0.25, 0.3) is 0 Å². The van der Waals surface area contributed by atoms with Crippen LogP contribution in [0.2, 0.25) is 0 Å². The van der Waals surface area contributed by atoms with E-state index in [1.54, 1.807) is 0 Å². The topological polar surface area (TPSA) is 90.9 Å². The molecule has 0 unspecified atom stereocenters. The highest BCUT2D eigenvalue weighted by Gasteiger charge is 2.05. The highest BCUT2D eigenvalue weighted by atomic mass is 32.2. The molecule has 1 aromatic rings. The first-order valence-corrected chi connectivity index (χ1v) is 7.40. The van der Waals surface area contributed by atoms with E-state index >= 15 is 0 Å². The summed E-state index contributed by atoms with van der Waals surface area (Å²) >= 11 is 1.82. The molecule has 0 aliphatic heterocycles. The molecule has 0 spiro atoms. The highest BCUT2D eigenvalue weighted by molar-refractivity contribution is 7.99. The zero-order valence-corrected chi connectivity index (χ0v) is 11.7. The Labute approximate surface area is 117 Å². The number of hydrogen-bond donors (Lipinski definition) is 4. The Balaban J connectivity index is 2.33. The van der Waals surface area contributed by atoms with Crippen LogP contribution < -0.4 is 11.1 Å². The van der Waals surface area contributed by atoms with Crippen LogP contribution in [0.4, 0.5) is 0 Å². The first-order chi connectivity index (χ1) is 9.29. The summed E-state index contributed by atoms with van der Waals surface area (Å²) in [4.78, 5) is 0. The minimum atomic E-state index is 0.134. The second-order valence-corrected chi connectivity index (χ2v) is 5.23. The molecule has 0 fully saturated rings. The van der Waals surface area contributed by atoms with E-state index in [1.807, 2.05) is 36.0 Å². The van der Waals surface area contributed by atoms with Gasteiger partial charge >= 0.3 is 0 Å². The smallest absolute Gasteiger partial charge is 0.170 e. The molecule has 1 rings (SSSR count). The third-order valence-electron chi connectivity index (χ3n) is 2.59. The number of amidine groups is 1. The van der Waals surface area contributed by atoms with E-state index < -0.39 is 0 Å². The average molecular weight is 283 g/mol. The van der Waals surface area contributed by atoms with Gasteiger partial charge in [-0.2, -0.15) is 11.8 Å². The summed E-state index contributed by atoms with van der Waals surface area (Å²) in [6.45, 7) is 1.83. The SMILES string of the molecule is N/C(=N/O)c1ccccc1CNCCSCCCO. The van der Waals surface area contributed by atoms with Crippen molar-refractivity contribution in [3.63, 3.8) is 0 Å². The van der Waals surface area contributed by atoms with Gasteiger partial charge in [-0.1, -0.05) is 29.4 Å². The molecule has 106 valence electrons. The molecular formula is C13H21N3O2S. The van der Waals surface area contributed by atoms with Crippen LogP contribution in [-0.4, -0.2) is 40.8 Å². The van der Waals surface area contributed by atoms with Crippen LogP contribution in [-0.2, 0) is 6.54 Å². The summed E-state index contributed by atoms with van der Waals surface area (Å²) in [6.07, 6.45) is 0.844. The van der Waals surface area contributed by atoms with Crippen LogP contribution in [0.15, 0.2) is 29.4 Å². The molecule has 0 bridgehead atoms. The van der Waals surface area contributed by atoms with Gasteiger partial charge in [0.1, 0.15) is 0 Å². The van der Waals surface area contributed by atoms with Crippen LogP contribution in [0.1, 0.15) is 17.5 Å². The Morgan fingerprint density at radius 3 is 2.84 bits per heavy atom. The second kappa shape index (κ2) is 9.66. The molecule has 0 radical (unpaired) electrons. The third-order valence-corrected chi connectivity index (χ3v) is 3.66. The summed E-state index contributed by atoms with van der Waals surface area (Å²) < 4.78 is 0. The van der Waals surface area contributed by atoms with E-state index in [0.29, 0.717) is 6.54 Å². The fraction of sp³-hybridized carbons (Fsp3) is 0.462. The second-order valence-electron chi connectivity index (χ2n) is 4.01. The van der Waals surface area contributed by atoms with Crippen molar-refractivity contribution < 1.29 is 10.3 Å². The van der Waals surface area contributed by atoms with Crippen molar-refractivity contribution in [3.8, 4) is 0 Å². The lowest BCUT2D eigenvalue weighted by atomic mass is 10.1. The van der Waals surface area contributed by atoms with Gasteiger partial charge in [0.25, 0.3) is 0 Å². The molecule has 0 amide bonds. The van der Waals surface area contributed by atoms with Crippen molar-refractivity contribution in [2.24, 2.45) is 10.9 Å². The molecule has 5 N–H and O–H groups in total. The van der Waals surface area contributed by atoms with Gasteiger partial charge < -0.3 is 21.4 Å². The standard InChI is InChI=1S/C13H21N3O2S/c14-13(16-18)12-5-2-1-4-11(12)10-15-6-9-19-8-3-7-17/h1-2,4-5,15,17-18H,3,6-10H2,(H2,14,16). The number of aliphatic hydroxyl groups is 1. The maximum atomic E-state index is 8.72. The van der Waals surface area contributed by atoms with Gasteiger partial charge in [-0.15, -0.1) is 0 Å². The van der Waals surface area contributed by atoms with E-state index in [-0.39, 0.29) is 12.4 Å². The molecule has 0 saturated heterocycles. The Hall–Kier alpha value is -1.24. The van der Waals surface area contributed by atoms with E-state index in [1.165, 1.54) is 0 Å². The summed E-state index contributed by atoms with van der Waals surface area (Å²) in [6, 6.07) is 7.59. The van der Waals surface area contributed by atoms with E-state index in [9.17, 15) is 0 Å². The largest absolute Gasteiger partial charge is 0.409 e. The van der Waals surface area contributed by atoms with Gasteiger partial charge in [0.15, 0.2) is 5.84 Å². The monoisotopic (exact) mass is 283 g/mol. The van der Waals surface area contributed by atoms with E-state index in [4.69, 9.17) is 16.0 Å². The van der Waals surface area contributed by atoms with E-state index in [2.05, 4.69) is 10.5 Å². The minimum Gasteiger partial charge on any atom is -0.409 e. The number of thioether (sulfide) groups is 1. The highest BCUT2D eigenvalue weighted by Crippen LogP contribution is 2.08. The van der Waals surface area contributed by atoms with Gasteiger partial charge in [-0.25, -0.2) is 0 Å². The fourth-order valence-corrected chi connectivity index (χ4v) is 2.44. The predicted molar refractivity (Wildman–Crippen MR) is 79.7 cm³/mol. The summed E-state index contributed by atoms with van der Waals surface area (Å²) in [5.41, 5.74) is 7.39. The van der Waals surface area contributed by atoms with Gasteiger partial charge in [0, 0.05) is 31.0 Å². The fourth-order valence-electron chi connectivity index (χ4n) is 1.61. The molecule has 0 aliphatic carbocycles. The minimum absolute atomic E-state index is 0.134. The number of nitrogens with two attached hydrogens (primary N) is 1. The Bertz CT molecular complexity index is 399. The summed E-state index contributed by atoms with van der Waals surface area (Å²) in [5.74, 6) is 2.12. The van der Waals surface area contributed by atoms with Crippen LogP contribution in [0.5, 0.6) is 0 Å². The number of rotatable bonds is 9. The maximum absolute atomic E-state index is 8.72. The molecule has 0 aromatic heterocycles. The van der Waals surface area contributed by atoms with Crippen molar-refractivity contribution in [1.82, 2.24) is 5.32 Å². The molecule has 6 heteroatoms. The van der Waals surface area contributed by atoms with Crippen molar-refractivity contribution >= 4 is 17.6 Å². The van der Waals surface area contributed by atoms with Gasteiger partial charge in [0.2, 0.25) is 0 Å². The first kappa shape index (κ1) is 15.8. The molecule has 0 aliphatic rings. The molecule has 0 atom stereocenters. The number of nitrogens with zero attached hydrogens (tertiary/aromatic N) is 1. The number of benzene rings is 1. The molecular weight excluding hydrogens is 262 g/mol. The lowest BCUT2D eigenvalue weighted by molar-refractivity contribution is 0.296. The Kier molecular flexibility index (Phi) is 8.04. The Morgan fingerprint density at radius 1 is 1.32 bits per heavy atom. The summed E-state index contributed by atoms with van der Waals surface area (Å²) in [5, 5.41) is 23.7. The average Bonchev–Trinajstić information content (AvgIpc) is 2.46. The lowest BCUT2D eigenvalue weighted by Gasteiger charge is -2.09. The Morgan fingerprint density at radius 2 is 2.11 bits per heavy atom. The molecule has 19 heavy (non-hydrogen) atoms. The third kappa shape index (κ3) is 5.96. The first-order valence-electron chi connectivity index (χ1n) is 6.24. The quantitative estimate of drug-likeness (QED) is 0.178. The van der Waals surface area contributed by atoms with Crippen LogP contribution >= 0.6 is 11.8 Å². The van der Waals surface area contributed by atoms with Crippen LogP contribution in [0, 0.1) is 0 Å². The van der Waals surface area contributed by atoms with Gasteiger partial charge in [-0.3, -0.25) is 0 Å². The summed E-state index contributed by atoms with van der Waals surface area (Å²) in [7, 11) is 0. The maximum Gasteiger partial charge on any atom is 0.170 e. The molecule has 0 heterocycles. The molecule has 5 nitrogen and oxygen atoms in total. The van der Waals surface area contributed by atoms with Gasteiger partial charge in [0.05, 0.1) is 0 Å². The molecule has 1 aromatic carbocycles.